The molecule has 14 nitrogen and oxygen atoms in total. The summed E-state index contributed by atoms with van der Waals surface area (Å²) in [7, 11) is 0. The first-order valence-corrected chi connectivity index (χ1v) is 6.34. The fraction of sp³-hybridized carbons (Fsp3) is 0.500. The third kappa shape index (κ3) is 18.2. The van der Waals surface area contributed by atoms with Gasteiger partial charge in [-0.3, -0.25) is 19.2 Å². The molecule has 154 valence electrons. The fourth-order valence-corrected chi connectivity index (χ4v) is 1.43. The summed E-state index contributed by atoms with van der Waals surface area (Å²) in [6.45, 7) is 0. The van der Waals surface area contributed by atoms with Crippen molar-refractivity contribution < 1.29 is 69.6 Å². The molecule has 0 saturated carbocycles. The fourth-order valence-electron chi connectivity index (χ4n) is 1.43. The van der Waals surface area contributed by atoms with Gasteiger partial charge in [0.15, 0.2) is 11.2 Å². The minimum absolute atomic E-state index is 0. The Hall–Kier alpha value is -0.260. The van der Waals surface area contributed by atoms with Crippen molar-refractivity contribution in [1.29, 1.82) is 0 Å². The topological polar surface area (TPSA) is 264 Å². The average Bonchev–Trinajstić information content (AvgIpc) is 2.34. The Labute approximate surface area is 228 Å². The molecule has 0 aliphatic carbocycles. The summed E-state index contributed by atoms with van der Waals surface area (Å²) < 4.78 is 0. The molecule has 8 N–H and O–H groups in total. The quantitative estimate of drug-likeness (QED) is 0.144. The zero-order valence-corrected chi connectivity index (χ0v) is 12.9. The number of hydrogen-bond donors (Lipinski definition) is 8. The van der Waals surface area contributed by atoms with Gasteiger partial charge in [-0.2, -0.15) is 0 Å². The predicted molar refractivity (Wildman–Crippen MR) is 95.6 cm³/mol. The van der Waals surface area contributed by atoms with E-state index in [0.717, 1.165) is 0 Å². The monoisotopic (exact) mass is 456 g/mol. The molecule has 0 fully saturated rings. The van der Waals surface area contributed by atoms with Crippen molar-refractivity contribution in [1.82, 2.24) is 0 Å². The van der Waals surface area contributed by atoms with Crippen LogP contribution in [-0.4, -0.2) is 177 Å². The zero-order chi connectivity index (χ0) is 21.3. The molecule has 0 spiro atoms. The first kappa shape index (κ1) is 39.2. The molecule has 0 amide bonds. The number of carboxylic acid groups (broad SMARTS) is 6. The molecule has 0 heterocycles. The van der Waals surface area contributed by atoms with Crippen LogP contribution in [0.2, 0.25) is 0 Å². The van der Waals surface area contributed by atoms with Gasteiger partial charge in [-0.1, -0.05) is 0 Å². The van der Waals surface area contributed by atoms with E-state index in [-0.39, 0.29) is 88.7 Å². The number of rotatable bonds is 10. The molecule has 0 aliphatic heterocycles. The predicted octanol–water partition coefficient (Wildman–Crippen LogP) is -4.44. The third-order valence-corrected chi connectivity index (χ3v) is 2.57. The zero-order valence-electron chi connectivity index (χ0n) is 12.9. The molecule has 0 aromatic rings. The van der Waals surface area contributed by atoms with Crippen LogP contribution in [-0.2, 0) is 28.8 Å². The Balaban J connectivity index is -0.000000120. The molecule has 0 aromatic heterocycles. The maximum absolute atomic E-state index is 10.3. The summed E-state index contributed by atoms with van der Waals surface area (Å²) in [5.74, 6) is -10.0. The second kappa shape index (κ2) is 17.4. The van der Waals surface area contributed by atoms with Crippen LogP contribution in [0.4, 0.5) is 0 Å². The summed E-state index contributed by atoms with van der Waals surface area (Å²) in [5, 5.41) is 67.6. The number of aliphatic carboxylic acids is 6. The molecule has 0 aromatic carbocycles. The van der Waals surface area contributed by atoms with E-state index in [2.05, 4.69) is 0 Å². The van der Waals surface area contributed by atoms with E-state index in [0.29, 0.717) is 0 Å². The second-order valence-corrected chi connectivity index (χ2v) is 4.96. The van der Waals surface area contributed by atoms with Gasteiger partial charge in [-0.05, 0) is 0 Å². The summed E-state index contributed by atoms with van der Waals surface area (Å²) in [5.41, 5.74) is -5.48. The van der Waals surface area contributed by atoms with Crippen molar-refractivity contribution in [2.45, 2.75) is 36.9 Å². The van der Waals surface area contributed by atoms with E-state index >= 15 is 0 Å². The van der Waals surface area contributed by atoms with Crippen LogP contribution in [0.3, 0.4) is 0 Å². The van der Waals surface area contributed by atoms with Gasteiger partial charge in [-0.25, -0.2) is 9.59 Å². The average molecular weight is 456 g/mol. The Morgan fingerprint density at radius 1 is 0.448 bits per heavy atom. The summed E-state index contributed by atoms with van der Waals surface area (Å²) in [6.07, 6.45) is -4.58. The van der Waals surface area contributed by atoms with Gasteiger partial charge in [0, 0.05) is 0 Å². The van der Waals surface area contributed by atoms with Crippen molar-refractivity contribution in [3.05, 3.63) is 0 Å². The van der Waals surface area contributed by atoms with Crippen LogP contribution in [0, 0.1) is 0 Å². The van der Waals surface area contributed by atoms with Crippen LogP contribution in [0.1, 0.15) is 25.7 Å². The summed E-state index contributed by atoms with van der Waals surface area (Å²) >= 11 is 0. The number of aliphatic hydroxyl groups is 2. The molecule has 0 unspecified atom stereocenters. The van der Waals surface area contributed by atoms with E-state index in [1.165, 1.54) is 0 Å². The van der Waals surface area contributed by atoms with Gasteiger partial charge in [-0.15, -0.1) is 0 Å². The molecule has 0 bridgehead atoms. The SMILES string of the molecule is O=C(O)CC(O)(CC(=O)O)C(=O)O.O=C(O)CC(O)(CC(=O)O)C(=O)O.[NaH].[NaH].[NaH]. The second-order valence-electron chi connectivity index (χ2n) is 4.96. The molecule has 17 heteroatoms. The van der Waals surface area contributed by atoms with Crippen LogP contribution < -0.4 is 0 Å². The Kier molecular flexibility index (Phi) is 23.6. The molecular formula is C12H19Na3O14. The van der Waals surface area contributed by atoms with Crippen molar-refractivity contribution >= 4 is 124 Å². The van der Waals surface area contributed by atoms with Crippen molar-refractivity contribution in [3.8, 4) is 0 Å². The van der Waals surface area contributed by atoms with E-state index in [1.807, 2.05) is 0 Å². The normalized spacial score (nSPS) is 9.72. The Morgan fingerprint density at radius 2 is 0.586 bits per heavy atom. The molecular weight excluding hydrogens is 437 g/mol. The minimum atomic E-state index is -2.74. The van der Waals surface area contributed by atoms with Crippen molar-refractivity contribution in [2.75, 3.05) is 0 Å². The molecule has 29 heavy (non-hydrogen) atoms. The van der Waals surface area contributed by atoms with Crippen LogP contribution in [0.5, 0.6) is 0 Å². The molecule has 0 aliphatic rings. The van der Waals surface area contributed by atoms with Crippen molar-refractivity contribution in [3.63, 3.8) is 0 Å². The van der Waals surface area contributed by atoms with Gasteiger partial charge in [0.1, 0.15) is 0 Å². The third-order valence-electron chi connectivity index (χ3n) is 2.57. The maximum atomic E-state index is 10.3. The van der Waals surface area contributed by atoms with Gasteiger partial charge in [0.05, 0.1) is 25.7 Å². The summed E-state index contributed by atoms with van der Waals surface area (Å²) in [4.78, 5) is 61.0. The molecule has 0 atom stereocenters. The van der Waals surface area contributed by atoms with Gasteiger partial charge < -0.3 is 40.9 Å². The van der Waals surface area contributed by atoms with E-state index in [9.17, 15) is 28.8 Å². The van der Waals surface area contributed by atoms with E-state index in [4.69, 9.17) is 40.9 Å². The van der Waals surface area contributed by atoms with Gasteiger partial charge >= 0.3 is 124 Å². The molecule has 0 saturated heterocycles. The number of carboxylic acids is 6. The van der Waals surface area contributed by atoms with Gasteiger partial charge in [0.2, 0.25) is 0 Å². The van der Waals surface area contributed by atoms with E-state index in [1.54, 1.807) is 0 Å². The van der Waals surface area contributed by atoms with Crippen LogP contribution in [0.15, 0.2) is 0 Å². The Bertz CT molecular complexity index is 521. The van der Waals surface area contributed by atoms with E-state index < -0.39 is 72.7 Å². The number of hydrogen-bond acceptors (Lipinski definition) is 8. The van der Waals surface area contributed by atoms with Crippen LogP contribution >= 0.6 is 0 Å². The van der Waals surface area contributed by atoms with Crippen molar-refractivity contribution in [2.24, 2.45) is 0 Å². The van der Waals surface area contributed by atoms with Gasteiger partial charge in [0.25, 0.3) is 0 Å². The summed E-state index contributed by atoms with van der Waals surface area (Å²) in [6, 6.07) is 0. The first-order valence-electron chi connectivity index (χ1n) is 6.34. The van der Waals surface area contributed by atoms with Crippen LogP contribution in [0.25, 0.3) is 0 Å². The Morgan fingerprint density at radius 3 is 0.655 bits per heavy atom. The standard InChI is InChI=1S/2C6H8O7.3Na.3H/c2*7-3(8)1-6(13,5(11)12)2-4(9)10;;;;;;/h2*13H,1-2H2,(H,7,8)(H,9,10)(H,11,12);;;;;;. The first-order chi connectivity index (χ1) is 11.6. The number of carbonyl (C=O) groups is 6. The molecule has 0 rings (SSSR count). The molecule has 0 radical (unpaired) electrons.